The number of hydrogen-bond acceptors (Lipinski definition) is 8. The molecule has 0 atom stereocenters. The molecule has 178 valence electrons. The number of furan rings is 1. The van der Waals surface area contributed by atoms with Crippen molar-refractivity contribution in [2.24, 2.45) is 10.1 Å². The lowest BCUT2D eigenvalue weighted by Gasteiger charge is -2.26. The summed E-state index contributed by atoms with van der Waals surface area (Å²) in [6.45, 7) is 2.04. The van der Waals surface area contributed by atoms with Gasteiger partial charge >= 0.3 is 5.97 Å². The lowest BCUT2D eigenvalue weighted by Crippen LogP contribution is -2.41. The number of ether oxygens (including phenoxy) is 1. The van der Waals surface area contributed by atoms with Crippen LogP contribution in [0.2, 0.25) is 0 Å². The molecule has 5 rings (SSSR count). The number of carbonyl (C=O) groups excluding carboxylic acids is 2. The predicted molar refractivity (Wildman–Crippen MR) is 128 cm³/mol. The monoisotopic (exact) mass is 493 g/mol. The van der Waals surface area contributed by atoms with E-state index in [9.17, 15) is 19.5 Å². The van der Waals surface area contributed by atoms with Crippen LogP contribution in [0.4, 0.5) is 0 Å². The van der Waals surface area contributed by atoms with Gasteiger partial charge in [0.25, 0.3) is 5.91 Å². The van der Waals surface area contributed by atoms with E-state index in [0.29, 0.717) is 48.4 Å². The lowest BCUT2D eigenvalue weighted by molar-refractivity contribution is -0.133. The number of nitrogens with zero attached hydrogens (tertiary/aromatic N) is 4. The highest BCUT2D eigenvalue weighted by Gasteiger charge is 2.36. The Morgan fingerprint density at radius 2 is 2.00 bits per heavy atom. The maximum Gasteiger partial charge on any atom is 0.335 e. The van der Waals surface area contributed by atoms with E-state index in [1.54, 1.807) is 29.2 Å². The maximum absolute atomic E-state index is 12.6. The number of carboxylic acids is 1. The zero-order valence-corrected chi connectivity index (χ0v) is 19.1. The quantitative estimate of drug-likeness (QED) is 0.604. The minimum absolute atomic E-state index is 0.0148. The summed E-state index contributed by atoms with van der Waals surface area (Å²) < 4.78 is 11.0. The molecular weight excluding hydrogens is 474 g/mol. The Labute approximate surface area is 203 Å². The number of amides is 2. The van der Waals surface area contributed by atoms with Crippen molar-refractivity contribution in [3.8, 4) is 11.3 Å². The predicted octanol–water partition coefficient (Wildman–Crippen LogP) is 2.51. The van der Waals surface area contributed by atoms with Crippen molar-refractivity contribution in [1.29, 1.82) is 5.41 Å². The van der Waals surface area contributed by atoms with Crippen LogP contribution in [0.25, 0.3) is 17.4 Å². The highest BCUT2D eigenvalue weighted by atomic mass is 32.2. The molecule has 1 aromatic carbocycles. The summed E-state index contributed by atoms with van der Waals surface area (Å²) in [6, 6.07) is 9.55. The minimum Gasteiger partial charge on any atom is -0.478 e. The van der Waals surface area contributed by atoms with E-state index in [2.05, 4.69) is 10.1 Å². The van der Waals surface area contributed by atoms with Crippen LogP contribution in [-0.2, 0) is 14.3 Å². The Kier molecular flexibility index (Phi) is 6.05. The molecule has 35 heavy (non-hydrogen) atoms. The lowest BCUT2D eigenvalue weighted by atomic mass is 10.1. The number of fused-ring (bicyclic) bond motifs is 1. The third kappa shape index (κ3) is 4.66. The second-order valence-electron chi connectivity index (χ2n) is 7.77. The number of benzene rings is 1. The van der Waals surface area contributed by atoms with Crippen molar-refractivity contribution in [2.75, 3.05) is 26.3 Å². The zero-order chi connectivity index (χ0) is 24.5. The zero-order valence-electron chi connectivity index (χ0n) is 18.3. The molecule has 4 heterocycles. The molecule has 0 radical (unpaired) electrons. The number of hydrazone groups is 1. The molecule has 2 amide bonds. The molecule has 3 aliphatic heterocycles. The van der Waals surface area contributed by atoms with Crippen LogP contribution in [0.3, 0.4) is 0 Å². The van der Waals surface area contributed by atoms with Crippen LogP contribution >= 0.6 is 11.8 Å². The van der Waals surface area contributed by atoms with Crippen molar-refractivity contribution < 1.29 is 28.6 Å². The molecule has 12 heteroatoms. The number of carbonyl (C=O) groups is 3. The first kappa shape index (κ1) is 22.7. The molecule has 2 aromatic rings. The smallest absolute Gasteiger partial charge is 0.335 e. The first-order chi connectivity index (χ1) is 16.9. The van der Waals surface area contributed by atoms with Crippen LogP contribution in [0, 0.1) is 5.41 Å². The maximum atomic E-state index is 12.6. The van der Waals surface area contributed by atoms with E-state index in [1.807, 2.05) is 0 Å². The molecule has 1 aromatic heterocycles. The molecule has 0 saturated carbocycles. The van der Waals surface area contributed by atoms with E-state index in [1.165, 1.54) is 23.2 Å². The van der Waals surface area contributed by atoms with Gasteiger partial charge in [-0.3, -0.25) is 15.0 Å². The summed E-state index contributed by atoms with van der Waals surface area (Å²) in [6.07, 6.45) is 1.45. The van der Waals surface area contributed by atoms with Crippen LogP contribution < -0.4 is 0 Å². The molecule has 2 N–H and O–H groups in total. The number of aliphatic imine (C=N–C) groups is 1. The first-order valence-electron chi connectivity index (χ1n) is 10.7. The van der Waals surface area contributed by atoms with Gasteiger partial charge in [0.15, 0.2) is 5.84 Å². The van der Waals surface area contributed by atoms with Gasteiger partial charge < -0.3 is 19.2 Å². The van der Waals surface area contributed by atoms with E-state index < -0.39 is 11.9 Å². The van der Waals surface area contributed by atoms with Crippen LogP contribution in [0.5, 0.6) is 0 Å². The molecular formula is C23H19N5O6S. The first-order valence-corrected chi connectivity index (χ1v) is 11.5. The second-order valence-corrected chi connectivity index (χ2v) is 8.81. The van der Waals surface area contributed by atoms with E-state index in [-0.39, 0.29) is 34.5 Å². The van der Waals surface area contributed by atoms with Crippen molar-refractivity contribution in [1.82, 2.24) is 9.91 Å². The van der Waals surface area contributed by atoms with Gasteiger partial charge in [0, 0.05) is 18.7 Å². The van der Waals surface area contributed by atoms with Crippen molar-refractivity contribution in [3.63, 3.8) is 0 Å². The minimum atomic E-state index is -1.05. The van der Waals surface area contributed by atoms with E-state index in [4.69, 9.17) is 14.6 Å². The Morgan fingerprint density at radius 3 is 2.77 bits per heavy atom. The molecule has 0 spiro atoms. The highest BCUT2D eigenvalue weighted by molar-refractivity contribution is 8.27. The molecule has 3 aliphatic rings. The number of thioether (sulfide) groups is 1. The number of carboxylic acid groups (broad SMARTS) is 1. The van der Waals surface area contributed by atoms with E-state index in [0.717, 1.165) is 11.8 Å². The summed E-state index contributed by atoms with van der Waals surface area (Å²) in [5.74, 6) is -1.22. The molecule has 0 aliphatic carbocycles. The summed E-state index contributed by atoms with van der Waals surface area (Å²) in [5.41, 5.74) is 0.672. The summed E-state index contributed by atoms with van der Waals surface area (Å²) in [7, 11) is 0. The number of hydrogen-bond donors (Lipinski definition) is 2. The number of rotatable bonds is 5. The molecule has 1 fully saturated rings. The van der Waals surface area contributed by atoms with Gasteiger partial charge in [-0.1, -0.05) is 12.1 Å². The number of morpholine rings is 1. The van der Waals surface area contributed by atoms with Gasteiger partial charge in [0.2, 0.25) is 11.1 Å². The SMILES string of the molecule is N=C1C(=Cc2ccc(-c3cccc(C(=O)O)c3)o2)C(=O)N=C2SC(CC(=O)N3CCOCC3)=NN12. The van der Waals surface area contributed by atoms with Crippen molar-refractivity contribution >= 4 is 51.7 Å². The van der Waals surface area contributed by atoms with E-state index >= 15 is 0 Å². The Bertz CT molecular complexity index is 1340. The van der Waals surface area contributed by atoms with Gasteiger partial charge in [-0.2, -0.15) is 15.1 Å². The molecule has 0 bridgehead atoms. The molecule has 1 saturated heterocycles. The average molecular weight is 494 g/mol. The molecule has 11 nitrogen and oxygen atoms in total. The largest absolute Gasteiger partial charge is 0.478 e. The number of nitrogens with one attached hydrogen (secondary N) is 1. The summed E-state index contributed by atoms with van der Waals surface area (Å²) in [5, 5.41) is 23.9. The third-order valence-electron chi connectivity index (χ3n) is 5.47. The second kappa shape index (κ2) is 9.31. The summed E-state index contributed by atoms with van der Waals surface area (Å²) in [4.78, 5) is 42.1. The van der Waals surface area contributed by atoms with Gasteiger partial charge in [-0.15, -0.1) is 0 Å². The van der Waals surface area contributed by atoms with Crippen LogP contribution in [-0.4, -0.2) is 75.1 Å². The number of amidine groups is 2. The van der Waals surface area contributed by atoms with Crippen LogP contribution in [0.15, 0.2) is 56.5 Å². The summed E-state index contributed by atoms with van der Waals surface area (Å²) >= 11 is 1.09. The van der Waals surface area contributed by atoms with Crippen molar-refractivity contribution in [3.05, 3.63) is 53.3 Å². The van der Waals surface area contributed by atoms with Gasteiger partial charge in [-0.25, -0.2) is 4.79 Å². The Balaban J connectivity index is 1.33. The topological polar surface area (TPSA) is 149 Å². The highest BCUT2D eigenvalue weighted by Crippen LogP contribution is 2.31. The number of aromatic carboxylic acids is 1. The fourth-order valence-corrected chi connectivity index (χ4v) is 4.57. The Morgan fingerprint density at radius 1 is 1.20 bits per heavy atom. The van der Waals surface area contributed by atoms with Gasteiger partial charge in [-0.05, 0) is 42.1 Å². The van der Waals surface area contributed by atoms with Gasteiger partial charge in [0.1, 0.15) is 16.6 Å². The fourth-order valence-electron chi connectivity index (χ4n) is 3.69. The molecule has 0 unspecified atom stereocenters. The van der Waals surface area contributed by atoms with Crippen molar-refractivity contribution in [2.45, 2.75) is 6.42 Å². The van der Waals surface area contributed by atoms with Gasteiger partial charge in [0.05, 0.1) is 30.8 Å². The normalized spacial score (nSPS) is 19.0. The third-order valence-corrected chi connectivity index (χ3v) is 6.38. The standard InChI is InChI=1S/C23H19N5O6S/c24-20-16(11-15-4-5-17(34-15)13-2-1-3-14(10-13)22(31)32)21(30)25-23-28(20)26-18(35-23)12-19(29)27-6-8-33-9-7-27/h1-5,10-11,24H,6-9,12H2,(H,31,32). The Hall–Kier alpha value is -4.03. The van der Waals surface area contributed by atoms with Crippen LogP contribution in [0.1, 0.15) is 22.5 Å². The fraction of sp³-hybridized carbons (Fsp3) is 0.217. The average Bonchev–Trinajstić information content (AvgIpc) is 3.49.